The third kappa shape index (κ3) is 6.29. The second-order valence-corrected chi connectivity index (χ2v) is 9.77. The van der Waals surface area contributed by atoms with E-state index in [-0.39, 0.29) is 12.5 Å². The predicted octanol–water partition coefficient (Wildman–Crippen LogP) is 4.16. The van der Waals surface area contributed by atoms with E-state index in [1.165, 1.54) is 10.6 Å². The highest BCUT2D eigenvalue weighted by molar-refractivity contribution is 7.92. The molecule has 0 saturated heterocycles. The van der Waals surface area contributed by atoms with Crippen LogP contribution >= 0.6 is 0 Å². The Morgan fingerprint density at radius 3 is 2.00 bits per heavy atom. The molecule has 0 unspecified atom stereocenters. The number of carbonyl (C=O) groups excluding carboxylic acids is 1. The maximum atomic E-state index is 12.6. The molecule has 0 aliphatic rings. The van der Waals surface area contributed by atoms with Crippen molar-refractivity contribution >= 4 is 21.6 Å². The molecule has 0 radical (unpaired) electrons. The molecule has 8 heteroatoms. The van der Waals surface area contributed by atoms with E-state index in [0.717, 1.165) is 23.1 Å². The number of aryl methyl sites for hydroxylation is 1. The molecule has 7 nitrogen and oxygen atoms in total. The molecule has 0 atom stereocenters. The molecule has 1 amide bonds. The molecule has 0 spiro atoms. The molecule has 0 aromatic heterocycles. The molecular formula is C26H30N2O5S. The first-order valence-corrected chi connectivity index (χ1v) is 12.7. The van der Waals surface area contributed by atoms with E-state index in [9.17, 15) is 13.2 Å². The van der Waals surface area contributed by atoms with Crippen LogP contribution in [0.3, 0.4) is 0 Å². The largest absolute Gasteiger partial charge is 0.493 e. The predicted molar refractivity (Wildman–Crippen MR) is 134 cm³/mol. The van der Waals surface area contributed by atoms with Gasteiger partial charge in [0, 0.05) is 12.1 Å². The molecule has 3 rings (SSSR count). The Balaban J connectivity index is 1.67. The number of hydrogen-bond donors (Lipinski definition) is 1. The van der Waals surface area contributed by atoms with Crippen LogP contribution in [0.4, 0.5) is 5.69 Å². The van der Waals surface area contributed by atoms with Gasteiger partial charge in [0.1, 0.15) is 0 Å². The summed E-state index contributed by atoms with van der Waals surface area (Å²) in [5, 5.41) is 2.88. The lowest BCUT2D eigenvalue weighted by atomic mass is 10.1. The van der Waals surface area contributed by atoms with Crippen LogP contribution in [0, 0.1) is 0 Å². The Bertz CT molecular complexity index is 1220. The van der Waals surface area contributed by atoms with Gasteiger partial charge >= 0.3 is 0 Å². The van der Waals surface area contributed by atoms with Crippen molar-refractivity contribution in [2.75, 3.05) is 24.8 Å². The Kier molecular flexibility index (Phi) is 8.17. The van der Waals surface area contributed by atoms with Crippen molar-refractivity contribution in [1.82, 2.24) is 5.32 Å². The Morgan fingerprint density at radius 1 is 0.853 bits per heavy atom. The second kappa shape index (κ2) is 11.1. The first-order valence-electron chi connectivity index (χ1n) is 10.9. The van der Waals surface area contributed by atoms with Gasteiger partial charge in [-0.25, -0.2) is 8.42 Å². The highest BCUT2D eigenvalue weighted by atomic mass is 32.2. The number of nitrogens with zero attached hydrogens (tertiary/aromatic N) is 1. The minimum atomic E-state index is -3.48. The van der Waals surface area contributed by atoms with Crippen molar-refractivity contribution in [1.29, 1.82) is 0 Å². The van der Waals surface area contributed by atoms with Crippen LogP contribution in [-0.4, -0.2) is 34.8 Å². The normalized spacial score (nSPS) is 11.1. The van der Waals surface area contributed by atoms with Gasteiger partial charge in [-0.3, -0.25) is 9.10 Å². The summed E-state index contributed by atoms with van der Waals surface area (Å²) in [6.07, 6.45) is 2.07. The zero-order valence-electron chi connectivity index (χ0n) is 19.9. The number of ether oxygens (including phenoxy) is 2. The summed E-state index contributed by atoms with van der Waals surface area (Å²) in [4.78, 5) is 12.6. The number of carbonyl (C=O) groups is 1. The summed E-state index contributed by atoms with van der Waals surface area (Å²) >= 11 is 0. The van der Waals surface area contributed by atoms with Gasteiger partial charge in [0.25, 0.3) is 5.91 Å². The molecule has 0 aliphatic carbocycles. The summed E-state index contributed by atoms with van der Waals surface area (Å²) < 4.78 is 36.7. The molecule has 0 fully saturated rings. The van der Waals surface area contributed by atoms with Crippen molar-refractivity contribution in [3.63, 3.8) is 0 Å². The van der Waals surface area contributed by atoms with Crippen LogP contribution in [0.2, 0.25) is 0 Å². The van der Waals surface area contributed by atoms with Crippen LogP contribution in [-0.2, 0) is 29.5 Å². The van der Waals surface area contributed by atoms with Gasteiger partial charge in [0.15, 0.2) is 11.5 Å². The standard InChI is InChI=1S/C26H30N2O5S/c1-5-19-8-13-23(14-9-19)28(34(4,30)31)18-20-6-11-22(12-7-20)26(29)27-17-21-10-15-24(32-2)25(16-21)33-3/h6-16H,5,17-18H2,1-4H3,(H,27,29). The van der Waals surface area contributed by atoms with Crippen LogP contribution in [0.25, 0.3) is 0 Å². The molecule has 1 N–H and O–H groups in total. The van der Waals surface area contributed by atoms with Gasteiger partial charge in [0.2, 0.25) is 10.0 Å². The van der Waals surface area contributed by atoms with E-state index >= 15 is 0 Å². The van der Waals surface area contributed by atoms with Gasteiger partial charge < -0.3 is 14.8 Å². The monoisotopic (exact) mass is 482 g/mol. The Labute approximate surface area is 201 Å². The number of sulfonamides is 1. The molecule has 180 valence electrons. The van der Waals surface area contributed by atoms with E-state index < -0.39 is 10.0 Å². The van der Waals surface area contributed by atoms with Gasteiger partial charge in [0.05, 0.1) is 32.7 Å². The van der Waals surface area contributed by atoms with E-state index in [2.05, 4.69) is 12.2 Å². The summed E-state index contributed by atoms with van der Waals surface area (Å²) in [5.41, 5.74) is 3.89. The lowest BCUT2D eigenvalue weighted by molar-refractivity contribution is 0.0951. The quantitative estimate of drug-likeness (QED) is 0.469. The van der Waals surface area contributed by atoms with Crippen molar-refractivity contribution in [3.05, 3.63) is 89.0 Å². The van der Waals surface area contributed by atoms with Gasteiger partial charge in [-0.05, 0) is 59.5 Å². The van der Waals surface area contributed by atoms with E-state index in [0.29, 0.717) is 29.3 Å². The van der Waals surface area contributed by atoms with Crippen molar-refractivity contribution in [2.24, 2.45) is 0 Å². The smallest absolute Gasteiger partial charge is 0.251 e. The van der Waals surface area contributed by atoms with Crippen molar-refractivity contribution < 1.29 is 22.7 Å². The van der Waals surface area contributed by atoms with Gasteiger partial charge in [-0.2, -0.15) is 0 Å². The third-order valence-corrected chi connectivity index (χ3v) is 6.62. The highest BCUT2D eigenvalue weighted by Crippen LogP contribution is 2.27. The van der Waals surface area contributed by atoms with Gasteiger partial charge in [-0.1, -0.05) is 37.3 Å². The van der Waals surface area contributed by atoms with Crippen LogP contribution < -0.4 is 19.1 Å². The summed E-state index contributed by atoms with van der Waals surface area (Å²) in [5.74, 6) is 0.993. The number of amides is 1. The number of nitrogens with one attached hydrogen (secondary N) is 1. The van der Waals surface area contributed by atoms with Gasteiger partial charge in [-0.15, -0.1) is 0 Å². The maximum absolute atomic E-state index is 12.6. The number of anilines is 1. The maximum Gasteiger partial charge on any atom is 0.251 e. The summed E-state index contributed by atoms with van der Waals surface area (Å²) in [6.45, 7) is 2.56. The van der Waals surface area contributed by atoms with Crippen LogP contribution in [0.1, 0.15) is 34.0 Å². The van der Waals surface area contributed by atoms with Crippen LogP contribution in [0.5, 0.6) is 11.5 Å². The first kappa shape index (κ1) is 25.1. The summed E-state index contributed by atoms with van der Waals surface area (Å²) in [6, 6.07) is 19.9. The highest BCUT2D eigenvalue weighted by Gasteiger charge is 2.18. The fourth-order valence-electron chi connectivity index (χ4n) is 3.50. The molecule has 3 aromatic rings. The second-order valence-electron chi connectivity index (χ2n) is 7.86. The lowest BCUT2D eigenvalue weighted by Crippen LogP contribution is -2.29. The fraction of sp³-hybridized carbons (Fsp3) is 0.269. The Morgan fingerprint density at radius 2 is 1.44 bits per heavy atom. The average molecular weight is 483 g/mol. The number of methoxy groups -OCH3 is 2. The number of hydrogen-bond acceptors (Lipinski definition) is 5. The molecule has 0 bridgehead atoms. The fourth-order valence-corrected chi connectivity index (χ4v) is 4.39. The van der Waals surface area contributed by atoms with Crippen LogP contribution in [0.15, 0.2) is 66.7 Å². The van der Waals surface area contributed by atoms with E-state index in [4.69, 9.17) is 9.47 Å². The molecule has 0 saturated carbocycles. The zero-order valence-corrected chi connectivity index (χ0v) is 20.7. The molecule has 0 heterocycles. The topological polar surface area (TPSA) is 84.9 Å². The molecule has 34 heavy (non-hydrogen) atoms. The SMILES string of the molecule is CCc1ccc(N(Cc2ccc(C(=O)NCc3ccc(OC)c(OC)c3)cc2)S(C)(=O)=O)cc1. The lowest BCUT2D eigenvalue weighted by Gasteiger charge is -2.23. The molecular weight excluding hydrogens is 452 g/mol. The first-order chi connectivity index (χ1) is 16.2. The minimum absolute atomic E-state index is 0.178. The number of rotatable bonds is 10. The molecule has 3 aromatic carbocycles. The van der Waals surface area contributed by atoms with Crippen molar-refractivity contribution in [2.45, 2.75) is 26.4 Å². The van der Waals surface area contributed by atoms with Crippen molar-refractivity contribution in [3.8, 4) is 11.5 Å². The number of benzene rings is 3. The zero-order chi connectivity index (χ0) is 24.7. The van der Waals surface area contributed by atoms with E-state index in [1.54, 1.807) is 44.6 Å². The summed E-state index contributed by atoms with van der Waals surface area (Å²) in [7, 11) is -0.345. The average Bonchev–Trinajstić information content (AvgIpc) is 2.85. The Hall–Kier alpha value is -3.52. The third-order valence-electron chi connectivity index (χ3n) is 5.48. The van der Waals surface area contributed by atoms with E-state index in [1.807, 2.05) is 36.4 Å². The minimum Gasteiger partial charge on any atom is -0.493 e. The molecule has 0 aliphatic heterocycles.